The van der Waals surface area contributed by atoms with Crippen LogP contribution in [0.15, 0.2) is 71.8 Å². The van der Waals surface area contributed by atoms with Crippen molar-refractivity contribution >= 4 is 17.2 Å². The first kappa shape index (κ1) is 21.2. The highest BCUT2D eigenvalue weighted by atomic mass is 19.4. The molecule has 4 heterocycles. The standard InChI is InChI=1S/C24H23F3N6/c1-16-6-5-12-32(16)17-7-4-10-22(29-15-17)30-21-14-20(31-33-13-11-28-23(21)33)18-8-2-3-9-19(18)24(25,26)27/h2-4,8-11,13-16H,5-7,12H2,1H3,(H,29,30). The van der Waals surface area contributed by atoms with Gasteiger partial charge < -0.3 is 10.2 Å². The van der Waals surface area contributed by atoms with Crippen LogP contribution in [0.4, 0.5) is 18.9 Å². The molecule has 33 heavy (non-hydrogen) atoms. The second-order valence-corrected chi connectivity index (χ2v) is 8.23. The molecule has 0 amide bonds. The predicted molar refractivity (Wildman–Crippen MR) is 122 cm³/mol. The lowest BCUT2D eigenvalue weighted by atomic mass is 10.0. The van der Waals surface area contributed by atoms with Gasteiger partial charge in [0.25, 0.3) is 0 Å². The summed E-state index contributed by atoms with van der Waals surface area (Å²) in [6.45, 7) is 3.25. The maximum absolute atomic E-state index is 13.6. The van der Waals surface area contributed by atoms with Crippen LogP contribution in [0.5, 0.6) is 0 Å². The molecule has 0 spiro atoms. The van der Waals surface area contributed by atoms with Crippen LogP contribution in [-0.2, 0) is 6.18 Å². The maximum Gasteiger partial charge on any atom is 0.417 e. The number of aliphatic imine (C=N–C) groups is 1. The van der Waals surface area contributed by atoms with Gasteiger partial charge in [0.2, 0.25) is 0 Å². The van der Waals surface area contributed by atoms with Gasteiger partial charge in [0, 0.05) is 48.9 Å². The zero-order valence-electron chi connectivity index (χ0n) is 18.0. The van der Waals surface area contributed by atoms with Crippen molar-refractivity contribution in [2.24, 2.45) is 4.99 Å². The van der Waals surface area contributed by atoms with Crippen molar-refractivity contribution < 1.29 is 13.2 Å². The molecule has 2 aliphatic rings. The van der Waals surface area contributed by atoms with Crippen molar-refractivity contribution in [1.29, 1.82) is 0 Å². The van der Waals surface area contributed by atoms with Gasteiger partial charge in [0.15, 0.2) is 5.65 Å². The number of hydrogen-bond donors (Lipinski definition) is 1. The summed E-state index contributed by atoms with van der Waals surface area (Å²) in [5, 5.41) is 7.60. The highest BCUT2D eigenvalue weighted by Gasteiger charge is 2.34. The molecule has 0 aliphatic carbocycles. The Labute approximate surface area is 189 Å². The van der Waals surface area contributed by atoms with Crippen LogP contribution in [0.3, 0.4) is 0 Å². The normalized spacial score (nSPS) is 18.9. The number of halogens is 3. The maximum atomic E-state index is 13.6. The van der Waals surface area contributed by atoms with E-state index in [0.29, 0.717) is 23.2 Å². The Morgan fingerprint density at radius 2 is 2.03 bits per heavy atom. The second kappa shape index (κ2) is 8.38. The predicted octanol–water partition coefficient (Wildman–Crippen LogP) is 5.51. The molecule has 5 rings (SSSR count). The number of imidazole rings is 1. The van der Waals surface area contributed by atoms with E-state index in [9.17, 15) is 13.2 Å². The van der Waals surface area contributed by atoms with Gasteiger partial charge in [0.05, 0.1) is 16.9 Å². The Hall–Kier alpha value is -3.62. The first-order valence-electron chi connectivity index (χ1n) is 10.9. The summed E-state index contributed by atoms with van der Waals surface area (Å²) in [4.78, 5) is 11.3. The summed E-state index contributed by atoms with van der Waals surface area (Å²) in [5.74, 6) is 0.586. The molecule has 1 fully saturated rings. The number of nitrogens with zero attached hydrogens (tertiary/aromatic N) is 5. The Balaban J connectivity index is 1.52. The Bertz CT molecular complexity index is 1270. The highest BCUT2D eigenvalue weighted by molar-refractivity contribution is 6.06. The van der Waals surface area contributed by atoms with Crippen LogP contribution in [0, 0.1) is 0 Å². The number of fused-ring (bicyclic) bond motifs is 1. The lowest BCUT2D eigenvalue weighted by Gasteiger charge is -2.25. The van der Waals surface area contributed by atoms with Crippen LogP contribution in [0.2, 0.25) is 0 Å². The van der Waals surface area contributed by atoms with E-state index in [2.05, 4.69) is 32.2 Å². The SMILES string of the molecule is CC1CCCN1C1=CN=C(Nc2cc(-c3ccccc3C(F)(F)F)nn3ccnc23)C=CC1. The zero-order chi connectivity index (χ0) is 23.0. The summed E-state index contributed by atoms with van der Waals surface area (Å²) in [7, 11) is 0. The molecule has 1 saturated heterocycles. The van der Waals surface area contributed by atoms with E-state index in [1.807, 2.05) is 18.4 Å². The molecule has 0 bridgehead atoms. The number of amidine groups is 1. The molecule has 6 nitrogen and oxygen atoms in total. The number of hydrogen-bond acceptors (Lipinski definition) is 5. The van der Waals surface area contributed by atoms with Crippen molar-refractivity contribution in [2.75, 3.05) is 11.9 Å². The molecule has 1 atom stereocenters. The molecule has 2 aromatic heterocycles. The number of benzene rings is 1. The third kappa shape index (κ3) is 4.22. The highest BCUT2D eigenvalue weighted by Crippen LogP contribution is 2.37. The molecular weight excluding hydrogens is 429 g/mol. The summed E-state index contributed by atoms with van der Waals surface area (Å²) >= 11 is 0. The minimum Gasteiger partial charge on any atom is -0.371 e. The van der Waals surface area contributed by atoms with Crippen molar-refractivity contribution in [1.82, 2.24) is 19.5 Å². The quantitative estimate of drug-likeness (QED) is 0.569. The van der Waals surface area contributed by atoms with Gasteiger partial charge in [-0.05, 0) is 38.0 Å². The lowest BCUT2D eigenvalue weighted by Crippen LogP contribution is -2.25. The van der Waals surface area contributed by atoms with Crippen LogP contribution in [0.1, 0.15) is 31.7 Å². The number of anilines is 1. The van der Waals surface area contributed by atoms with Gasteiger partial charge in [-0.15, -0.1) is 0 Å². The van der Waals surface area contributed by atoms with E-state index in [-0.39, 0.29) is 11.3 Å². The van der Waals surface area contributed by atoms with Crippen LogP contribution < -0.4 is 5.32 Å². The minimum atomic E-state index is -4.49. The first-order chi connectivity index (χ1) is 15.9. The fourth-order valence-corrected chi connectivity index (χ4v) is 4.39. The van der Waals surface area contributed by atoms with Crippen LogP contribution >= 0.6 is 0 Å². The van der Waals surface area contributed by atoms with E-state index >= 15 is 0 Å². The van der Waals surface area contributed by atoms with E-state index in [1.165, 1.54) is 29.5 Å². The molecule has 170 valence electrons. The fourth-order valence-electron chi connectivity index (χ4n) is 4.39. The van der Waals surface area contributed by atoms with Crippen LogP contribution in [-0.4, -0.2) is 37.9 Å². The zero-order valence-corrected chi connectivity index (χ0v) is 18.0. The van der Waals surface area contributed by atoms with Crippen molar-refractivity contribution in [3.8, 4) is 11.3 Å². The van der Waals surface area contributed by atoms with Gasteiger partial charge in [-0.25, -0.2) is 14.5 Å². The smallest absolute Gasteiger partial charge is 0.371 e. The largest absolute Gasteiger partial charge is 0.417 e. The fraction of sp³-hybridized carbons (Fsp3) is 0.292. The van der Waals surface area contributed by atoms with Gasteiger partial charge in [-0.2, -0.15) is 18.3 Å². The van der Waals surface area contributed by atoms with E-state index in [0.717, 1.165) is 24.7 Å². The van der Waals surface area contributed by atoms with Gasteiger partial charge in [-0.1, -0.05) is 24.3 Å². The van der Waals surface area contributed by atoms with Gasteiger partial charge in [-0.3, -0.25) is 0 Å². The molecule has 1 N–H and O–H groups in total. The van der Waals surface area contributed by atoms with Crippen molar-refractivity contribution in [3.63, 3.8) is 0 Å². The topological polar surface area (TPSA) is 57.8 Å². The average Bonchev–Trinajstić information content (AvgIpc) is 3.38. The van der Waals surface area contributed by atoms with E-state index < -0.39 is 11.7 Å². The summed E-state index contributed by atoms with van der Waals surface area (Å²) in [6.07, 6.45) is 7.60. The minimum absolute atomic E-state index is 0.00667. The Morgan fingerprint density at radius 3 is 2.82 bits per heavy atom. The molecule has 1 aromatic carbocycles. The second-order valence-electron chi connectivity index (χ2n) is 8.23. The average molecular weight is 452 g/mol. The number of rotatable bonds is 3. The van der Waals surface area contributed by atoms with Gasteiger partial charge in [0.1, 0.15) is 5.84 Å². The Morgan fingerprint density at radius 1 is 1.18 bits per heavy atom. The molecule has 9 heteroatoms. The number of aromatic nitrogens is 3. The number of likely N-dealkylation sites (tertiary alicyclic amines) is 1. The van der Waals surface area contributed by atoms with Crippen molar-refractivity contribution in [2.45, 2.75) is 38.4 Å². The molecule has 1 unspecified atom stereocenters. The van der Waals surface area contributed by atoms with Crippen LogP contribution in [0.25, 0.3) is 16.9 Å². The summed E-state index contributed by atoms with van der Waals surface area (Å²) in [5.41, 5.74) is 1.65. The first-order valence-corrected chi connectivity index (χ1v) is 10.9. The monoisotopic (exact) mass is 452 g/mol. The third-order valence-electron chi connectivity index (χ3n) is 6.01. The lowest BCUT2D eigenvalue weighted by molar-refractivity contribution is -0.137. The molecule has 3 aromatic rings. The number of allylic oxidation sites excluding steroid dienone is 1. The van der Waals surface area contributed by atoms with E-state index in [1.54, 1.807) is 24.5 Å². The molecule has 0 radical (unpaired) electrons. The third-order valence-corrected chi connectivity index (χ3v) is 6.01. The Kier molecular flexibility index (Phi) is 5.39. The van der Waals surface area contributed by atoms with E-state index in [4.69, 9.17) is 0 Å². The molecule has 2 aliphatic heterocycles. The molecular formula is C24H23F3N6. The summed E-state index contributed by atoms with van der Waals surface area (Å²) in [6, 6.07) is 7.51. The summed E-state index contributed by atoms with van der Waals surface area (Å²) < 4.78 is 42.3. The number of nitrogens with one attached hydrogen (secondary N) is 1. The molecule has 0 saturated carbocycles. The van der Waals surface area contributed by atoms with Crippen molar-refractivity contribution in [3.05, 3.63) is 72.3 Å². The van der Waals surface area contributed by atoms with Gasteiger partial charge >= 0.3 is 6.18 Å². The number of alkyl halides is 3.